The molecule has 0 unspecified atom stereocenters. The standard InChI is InChI=1S/C9H8BClO5S/c10-4-6-3-7(11)1-2-8(6)16-9(12)5-17(13,14)15/h1-3H,4-5H2,(H,13,14,15). The first-order chi connectivity index (χ1) is 7.81. The maximum Gasteiger partial charge on any atom is 0.329 e. The first-order valence-corrected chi connectivity index (χ1v) is 6.45. The Morgan fingerprint density at radius 3 is 2.65 bits per heavy atom. The van der Waals surface area contributed by atoms with Crippen LogP contribution in [0.2, 0.25) is 5.02 Å². The summed E-state index contributed by atoms with van der Waals surface area (Å²) in [7, 11) is 1.00. The highest BCUT2D eigenvalue weighted by molar-refractivity contribution is 7.86. The van der Waals surface area contributed by atoms with Gasteiger partial charge in [0.2, 0.25) is 0 Å². The second-order valence-corrected chi connectivity index (χ2v) is 5.05. The highest BCUT2D eigenvalue weighted by Gasteiger charge is 2.16. The summed E-state index contributed by atoms with van der Waals surface area (Å²) in [5.74, 6) is -2.09. The topological polar surface area (TPSA) is 80.7 Å². The lowest BCUT2D eigenvalue weighted by molar-refractivity contribution is -0.131. The van der Waals surface area contributed by atoms with Gasteiger partial charge < -0.3 is 4.74 Å². The number of esters is 1. The molecule has 1 rings (SSSR count). The fraction of sp³-hybridized carbons (Fsp3) is 0.222. The maximum atomic E-state index is 11.1. The smallest absolute Gasteiger partial charge is 0.329 e. The normalized spacial score (nSPS) is 11.2. The number of carbonyl (C=O) groups is 1. The third kappa shape index (κ3) is 4.76. The molecule has 0 atom stereocenters. The zero-order chi connectivity index (χ0) is 13.1. The van der Waals surface area contributed by atoms with E-state index in [1.807, 2.05) is 0 Å². The second-order valence-electron chi connectivity index (χ2n) is 3.16. The van der Waals surface area contributed by atoms with Crippen LogP contribution < -0.4 is 4.74 Å². The molecule has 0 amide bonds. The van der Waals surface area contributed by atoms with E-state index in [-0.39, 0.29) is 12.1 Å². The summed E-state index contributed by atoms with van der Waals surface area (Å²) in [6, 6.07) is 4.36. The van der Waals surface area contributed by atoms with Crippen LogP contribution in [0.25, 0.3) is 0 Å². The quantitative estimate of drug-likeness (QED) is 0.380. The van der Waals surface area contributed by atoms with Gasteiger partial charge in [-0.05, 0) is 23.8 Å². The van der Waals surface area contributed by atoms with Gasteiger partial charge in [-0.1, -0.05) is 17.9 Å². The molecule has 0 spiro atoms. The minimum Gasteiger partial charge on any atom is -0.425 e. The molecule has 0 fully saturated rings. The fourth-order valence-corrected chi connectivity index (χ4v) is 1.66. The number of hydrogen-bond donors (Lipinski definition) is 1. The summed E-state index contributed by atoms with van der Waals surface area (Å²) >= 11 is 5.71. The molecule has 0 heterocycles. The number of rotatable bonds is 4. The summed E-state index contributed by atoms with van der Waals surface area (Å²) in [6.07, 6.45) is 0.0784. The Balaban J connectivity index is 2.85. The van der Waals surface area contributed by atoms with Crippen molar-refractivity contribution in [1.29, 1.82) is 0 Å². The molecule has 0 bridgehead atoms. The minimum absolute atomic E-state index is 0.0784. The molecule has 1 aromatic rings. The Morgan fingerprint density at radius 2 is 2.12 bits per heavy atom. The van der Waals surface area contributed by atoms with E-state index in [0.717, 1.165) is 0 Å². The van der Waals surface area contributed by atoms with Crippen LogP contribution in [0.5, 0.6) is 5.75 Å². The molecule has 0 aliphatic rings. The molecular formula is C9H8BClO5S. The van der Waals surface area contributed by atoms with E-state index >= 15 is 0 Å². The SMILES string of the molecule is [B]Cc1cc(Cl)ccc1OC(=O)CS(=O)(=O)O. The molecular weight excluding hydrogens is 266 g/mol. The Bertz CT molecular complexity index is 528. The van der Waals surface area contributed by atoms with Crippen molar-refractivity contribution in [3.8, 4) is 5.75 Å². The first kappa shape index (κ1) is 14.0. The van der Waals surface area contributed by atoms with E-state index in [1.54, 1.807) is 0 Å². The van der Waals surface area contributed by atoms with Crippen LogP contribution in [0.4, 0.5) is 0 Å². The Labute approximate surface area is 105 Å². The maximum absolute atomic E-state index is 11.1. The molecule has 2 radical (unpaired) electrons. The first-order valence-electron chi connectivity index (χ1n) is 4.46. The molecule has 1 aromatic carbocycles. The van der Waals surface area contributed by atoms with Gasteiger partial charge in [-0.15, -0.1) is 0 Å². The number of hydrogen-bond acceptors (Lipinski definition) is 4. The van der Waals surface area contributed by atoms with Crippen LogP contribution in [-0.2, 0) is 21.2 Å². The van der Waals surface area contributed by atoms with Gasteiger partial charge in [0.1, 0.15) is 5.75 Å². The average molecular weight is 274 g/mol. The third-order valence-electron chi connectivity index (χ3n) is 1.77. The lowest BCUT2D eigenvalue weighted by Gasteiger charge is -2.08. The van der Waals surface area contributed by atoms with Crippen molar-refractivity contribution in [3.63, 3.8) is 0 Å². The highest BCUT2D eigenvalue weighted by Crippen LogP contribution is 2.22. The number of ether oxygens (including phenoxy) is 1. The van der Waals surface area contributed by atoms with Crippen LogP contribution in [0.15, 0.2) is 18.2 Å². The summed E-state index contributed by atoms with van der Waals surface area (Å²) < 4.78 is 34.1. The monoisotopic (exact) mass is 274 g/mol. The van der Waals surface area contributed by atoms with E-state index in [1.165, 1.54) is 18.2 Å². The molecule has 17 heavy (non-hydrogen) atoms. The average Bonchev–Trinajstić information content (AvgIpc) is 2.17. The Morgan fingerprint density at radius 1 is 1.47 bits per heavy atom. The number of halogens is 1. The summed E-state index contributed by atoms with van der Waals surface area (Å²) in [5.41, 5.74) is 0.459. The molecule has 0 saturated heterocycles. The molecule has 8 heteroatoms. The lowest BCUT2D eigenvalue weighted by atomic mass is 9.96. The molecule has 0 aliphatic carbocycles. The third-order valence-corrected chi connectivity index (χ3v) is 2.60. The van der Waals surface area contributed by atoms with Crippen molar-refractivity contribution in [2.75, 3.05) is 5.75 Å². The van der Waals surface area contributed by atoms with E-state index in [4.69, 9.17) is 28.7 Å². The largest absolute Gasteiger partial charge is 0.425 e. The fourth-order valence-electron chi connectivity index (χ4n) is 1.11. The zero-order valence-corrected chi connectivity index (χ0v) is 10.2. The molecule has 0 aromatic heterocycles. The van der Waals surface area contributed by atoms with Gasteiger partial charge >= 0.3 is 5.97 Å². The van der Waals surface area contributed by atoms with Gasteiger partial charge in [-0.3, -0.25) is 9.35 Å². The van der Waals surface area contributed by atoms with Crippen LogP contribution in [0, 0.1) is 0 Å². The number of benzene rings is 1. The Hall–Kier alpha value is -1.05. The minimum atomic E-state index is -4.40. The van der Waals surface area contributed by atoms with Gasteiger partial charge in [-0.25, -0.2) is 0 Å². The highest BCUT2D eigenvalue weighted by atomic mass is 35.5. The zero-order valence-electron chi connectivity index (χ0n) is 8.59. The van der Waals surface area contributed by atoms with E-state index in [0.29, 0.717) is 10.6 Å². The van der Waals surface area contributed by atoms with Gasteiger partial charge in [0.25, 0.3) is 10.1 Å². The second kappa shape index (κ2) is 5.53. The molecule has 0 saturated carbocycles. The van der Waals surface area contributed by atoms with Crippen LogP contribution >= 0.6 is 11.6 Å². The lowest BCUT2D eigenvalue weighted by Crippen LogP contribution is -2.20. The van der Waals surface area contributed by atoms with Crippen molar-refractivity contribution in [3.05, 3.63) is 28.8 Å². The predicted molar refractivity (Wildman–Crippen MR) is 63.0 cm³/mol. The molecule has 0 aliphatic heterocycles. The summed E-state index contributed by atoms with van der Waals surface area (Å²) in [5, 5.41) is 0.417. The van der Waals surface area contributed by atoms with Crippen LogP contribution in [0.3, 0.4) is 0 Å². The summed E-state index contributed by atoms with van der Waals surface area (Å²) in [6.45, 7) is 0. The molecule has 1 N–H and O–H groups in total. The van der Waals surface area contributed by atoms with Crippen molar-refractivity contribution in [1.82, 2.24) is 0 Å². The van der Waals surface area contributed by atoms with E-state index in [9.17, 15) is 13.2 Å². The van der Waals surface area contributed by atoms with Crippen molar-refractivity contribution < 1.29 is 22.5 Å². The molecule has 5 nitrogen and oxygen atoms in total. The van der Waals surface area contributed by atoms with Crippen molar-refractivity contribution in [2.45, 2.75) is 6.32 Å². The predicted octanol–water partition coefficient (Wildman–Crippen LogP) is 0.802. The van der Waals surface area contributed by atoms with Gasteiger partial charge in [0.15, 0.2) is 5.75 Å². The van der Waals surface area contributed by atoms with Crippen LogP contribution in [-0.4, -0.2) is 32.5 Å². The Kier molecular flexibility index (Phi) is 4.56. The number of carbonyl (C=O) groups excluding carboxylic acids is 1. The van der Waals surface area contributed by atoms with Crippen molar-refractivity contribution in [2.24, 2.45) is 0 Å². The van der Waals surface area contributed by atoms with E-state index in [2.05, 4.69) is 0 Å². The van der Waals surface area contributed by atoms with E-state index < -0.39 is 21.8 Å². The van der Waals surface area contributed by atoms with Crippen LogP contribution in [0.1, 0.15) is 5.56 Å². The van der Waals surface area contributed by atoms with Gasteiger partial charge in [0.05, 0.1) is 7.85 Å². The van der Waals surface area contributed by atoms with Gasteiger partial charge in [0, 0.05) is 5.02 Å². The molecule has 90 valence electrons. The summed E-state index contributed by atoms with van der Waals surface area (Å²) in [4.78, 5) is 11.1. The van der Waals surface area contributed by atoms with Crippen molar-refractivity contribution >= 4 is 35.5 Å². The van der Waals surface area contributed by atoms with Gasteiger partial charge in [-0.2, -0.15) is 8.42 Å².